The molecule has 0 spiro atoms. The molecule has 1 heterocycles. The number of hydrogen-bond acceptors (Lipinski definition) is 2. The summed E-state index contributed by atoms with van der Waals surface area (Å²) in [6, 6.07) is 17.0. The molecule has 2 heteroatoms. The van der Waals surface area contributed by atoms with Crippen LogP contribution >= 0.6 is 0 Å². The maximum atomic E-state index is 10.5. The molecule has 84 valence electrons. The van der Waals surface area contributed by atoms with E-state index in [1.54, 1.807) is 6.08 Å². The molecule has 2 aromatic rings. The van der Waals surface area contributed by atoms with Gasteiger partial charge in [0.05, 0.1) is 0 Å². The van der Waals surface area contributed by atoms with E-state index in [1.807, 2.05) is 60.7 Å². The van der Waals surface area contributed by atoms with Crippen LogP contribution in [-0.4, -0.2) is 5.11 Å². The van der Waals surface area contributed by atoms with Crippen molar-refractivity contribution in [1.82, 2.24) is 0 Å². The Balaban J connectivity index is 2.04. The molecule has 1 N–H and O–H groups in total. The minimum absolute atomic E-state index is 0.696. The molecule has 2 nitrogen and oxygen atoms in total. The monoisotopic (exact) mass is 224 g/mol. The topological polar surface area (TPSA) is 29.5 Å². The number of para-hydroxylation sites is 1. The second-order valence-corrected chi connectivity index (χ2v) is 4.04. The van der Waals surface area contributed by atoms with Crippen LogP contribution in [0.4, 0.5) is 0 Å². The molecule has 0 saturated carbocycles. The van der Waals surface area contributed by atoms with Crippen LogP contribution < -0.4 is 4.74 Å². The van der Waals surface area contributed by atoms with Gasteiger partial charge < -0.3 is 9.84 Å². The summed E-state index contributed by atoms with van der Waals surface area (Å²) in [6.07, 6.45) is 3.55. The zero-order valence-electron chi connectivity index (χ0n) is 9.21. The standard InChI is InChI=1S/C15H12O2/c16-15(13-7-2-1-3-8-13)11-10-12-6-4-5-9-14(12)17-15/h1-11,16H. The highest BCUT2D eigenvalue weighted by atomic mass is 16.6. The summed E-state index contributed by atoms with van der Waals surface area (Å²) >= 11 is 0. The average Bonchev–Trinajstić information content (AvgIpc) is 2.40. The first-order valence-electron chi connectivity index (χ1n) is 5.53. The van der Waals surface area contributed by atoms with Crippen molar-refractivity contribution in [3.05, 3.63) is 71.8 Å². The highest BCUT2D eigenvalue weighted by molar-refractivity contribution is 5.61. The van der Waals surface area contributed by atoms with E-state index < -0.39 is 5.79 Å². The minimum atomic E-state index is -1.37. The van der Waals surface area contributed by atoms with Crippen molar-refractivity contribution < 1.29 is 9.84 Å². The summed E-state index contributed by atoms with van der Waals surface area (Å²) in [5.41, 5.74) is 1.71. The number of fused-ring (bicyclic) bond motifs is 1. The fourth-order valence-electron chi connectivity index (χ4n) is 1.95. The van der Waals surface area contributed by atoms with Crippen LogP contribution in [0, 0.1) is 0 Å². The zero-order valence-corrected chi connectivity index (χ0v) is 9.21. The first kappa shape index (κ1) is 10.1. The van der Waals surface area contributed by atoms with E-state index in [0.29, 0.717) is 5.75 Å². The van der Waals surface area contributed by atoms with E-state index in [2.05, 4.69) is 0 Å². The predicted octanol–water partition coefficient (Wildman–Crippen LogP) is 2.94. The summed E-state index contributed by atoms with van der Waals surface area (Å²) in [6.45, 7) is 0. The van der Waals surface area contributed by atoms with E-state index in [0.717, 1.165) is 11.1 Å². The number of aliphatic hydroxyl groups is 1. The van der Waals surface area contributed by atoms with Crippen LogP contribution in [0.3, 0.4) is 0 Å². The molecule has 0 aliphatic carbocycles. The Hall–Kier alpha value is -2.06. The highest BCUT2D eigenvalue weighted by Crippen LogP contribution is 2.34. The molecule has 1 unspecified atom stereocenters. The third kappa shape index (κ3) is 1.73. The third-order valence-electron chi connectivity index (χ3n) is 2.86. The molecular formula is C15H12O2. The van der Waals surface area contributed by atoms with E-state index >= 15 is 0 Å². The summed E-state index contributed by atoms with van der Waals surface area (Å²) in [5.74, 6) is -0.670. The molecule has 3 rings (SSSR count). The number of benzene rings is 2. The van der Waals surface area contributed by atoms with Crippen LogP contribution in [0.5, 0.6) is 5.75 Å². The molecule has 1 aliphatic rings. The first-order chi connectivity index (χ1) is 8.28. The van der Waals surface area contributed by atoms with Gasteiger partial charge >= 0.3 is 0 Å². The Labute approximate surface area is 99.8 Å². The van der Waals surface area contributed by atoms with Gasteiger partial charge in [0.15, 0.2) is 0 Å². The van der Waals surface area contributed by atoms with Crippen molar-refractivity contribution in [3.63, 3.8) is 0 Å². The third-order valence-corrected chi connectivity index (χ3v) is 2.86. The van der Waals surface area contributed by atoms with Gasteiger partial charge in [0.2, 0.25) is 0 Å². The van der Waals surface area contributed by atoms with E-state index in [-0.39, 0.29) is 0 Å². The maximum absolute atomic E-state index is 10.5. The second-order valence-electron chi connectivity index (χ2n) is 4.04. The van der Waals surface area contributed by atoms with Crippen molar-refractivity contribution in [2.45, 2.75) is 5.79 Å². The Morgan fingerprint density at radius 1 is 0.882 bits per heavy atom. The number of ether oxygens (including phenoxy) is 1. The predicted molar refractivity (Wildman–Crippen MR) is 66.4 cm³/mol. The van der Waals surface area contributed by atoms with Crippen LogP contribution in [-0.2, 0) is 5.79 Å². The largest absolute Gasteiger partial charge is 0.454 e. The van der Waals surface area contributed by atoms with Gasteiger partial charge in [-0.3, -0.25) is 0 Å². The quantitative estimate of drug-likeness (QED) is 0.807. The van der Waals surface area contributed by atoms with Crippen molar-refractivity contribution in [1.29, 1.82) is 0 Å². The maximum Gasteiger partial charge on any atom is 0.255 e. The Morgan fingerprint density at radius 2 is 1.59 bits per heavy atom. The Bertz CT molecular complexity index is 560. The average molecular weight is 224 g/mol. The van der Waals surface area contributed by atoms with Crippen molar-refractivity contribution in [2.75, 3.05) is 0 Å². The second kappa shape index (κ2) is 3.75. The molecular weight excluding hydrogens is 212 g/mol. The molecule has 17 heavy (non-hydrogen) atoms. The van der Waals surface area contributed by atoms with Gasteiger partial charge in [-0.1, -0.05) is 48.5 Å². The first-order valence-corrected chi connectivity index (χ1v) is 5.53. The van der Waals surface area contributed by atoms with E-state index in [4.69, 9.17) is 4.74 Å². The zero-order chi connectivity index (χ0) is 11.7. The molecule has 1 atom stereocenters. The summed E-state index contributed by atoms with van der Waals surface area (Å²) in [5, 5.41) is 10.5. The Morgan fingerprint density at radius 3 is 2.41 bits per heavy atom. The lowest BCUT2D eigenvalue weighted by atomic mass is 10.0. The van der Waals surface area contributed by atoms with Gasteiger partial charge in [-0.15, -0.1) is 0 Å². The highest BCUT2D eigenvalue weighted by Gasteiger charge is 2.31. The normalized spacial score (nSPS) is 21.7. The molecule has 0 radical (unpaired) electrons. The van der Waals surface area contributed by atoms with Crippen LogP contribution in [0.25, 0.3) is 6.08 Å². The molecule has 0 amide bonds. The number of hydrogen-bond donors (Lipinski definition) is 1. The van der Waals surface area contributed by atoms with Gasteiger partial charge in [0, 0.05) is 11.1 Å². The molecule has 0 fully saturated rings. The molecule has 1 aliphatic heterocycles. The van der Waals surface area contributed by atoms with Gasteiger partial charge in [-0.25, -0.2) is 0 Å². The van der Waals surface area contributed by atoms with Gasteiger partial charge in [0.25, 0.3) is 5.79 Å². The van der Waals surface area contributed by atoms with E-state index in [9.17, 15) is 5.11 Å². The van der Waals surface area contributed by atoms with Gasteiger partial charge in [-0.05, 0) is 18.2 Å². The summed E-state index contributed by atoms with van der Waals surface area (Å²) < 4.78 is 5.67. The van der Waals surface area contributed by atoms with E-state index in [1.165, 1.54) is 0 Å². The van der Waals surface area contributed by atoms with Crippen molar-refractivity contribution >= 4 is 6.08 Å². The van der Waals surface area contributed by atoms with Crippen molar-refractivity contribution in [3.8, 4) is 5.75 Å². The lowest BCUT2D eigenvalue weighted by Crippen LogP contribution is -2.32. The molecule has 2 aromatic carbocycles. The summed E-state index contributed by atoms with van der Waals surface area (Å²) in [7, 11) is 0. The van der Waals surface area contributed by atoms with Crippen LogP contribution in [0.2, 0.25) is 0 Å². The lowest BCUT2D eigenvalue weighted by Gasteiger charge is -2.30. The van der Waals surface area contributed by atoms with Crippen molar-refractivity contribution in [2.24, 2.45) is 0 Å². The molecule has 0 saturated heterocycles. The van der Waals surface area contributed by atoms with Crippen LogP contribution in [0.1, 0.15) is 11.1 Å². The summed E-state index contributed by atoms with van der Waals surface area (Å²) in [4.78, 5) is 0. The lowest BCUT2D eigenvalue weighted by molar-refractivity contribution is -0.103. The Kier molecular flexibility index (Phi) is 2.23. The SMILES string of the molecule is OC1(c2ccccc2)C=Cc2ccccc2O1. The van der Waals surface area contributed by atoms with Gasteiger partial charge in [0.1, 0.15) is 5.75 Å². The number of rotatable bonds is 1. The van der Waals surface area contributed by atoms with Crippen LogP contribution in [0.15, 0.2) is 60.7 Å². The molecule has 0 bridgehead atoms. The fourth-order valence-corrected chi connectivity index (χ4v) is 1.95. The smallest absolute Gasteiger partial charge is 0.255 e. The fraction of sp³-hybridized carbons (Fsp3) is 0.0667. The molecule has 0 aromatic heterocycles. The van der Waals surface area contributed by atoms with Gasteiger partial charge in [-0.2, -0.15) is 0 Å². The minimum Gasteiger partial charge on any atom is -0.454 e.